The Hall–Kier alpha value is -2.71. The molecule has 1 aromatic carbocycles. The molecule has 2 N–H and O–H groups in total. The largest absolute Gasteiger partial charge is 0.444 e. The number of amides is 1. The average Bonchev–Trinajstić information content (AvgIpc) is 2.85. The molecule has 5 heterocycles. The molecular formula is C25H34N6O2. The molecule has 4 bridgehead atoms. The molecule has 1 aromatic heterocycles. The van der Waals surface area contributed by atoms with Crippen LogP contribution in [0.5, 0.6) is 0 Å². The molecule has 2 atom stereocenters. The second kappa shape index (κ2) is 10.1. The van der Waals surface area contributed by atoms with E-state index in [2.05, 4.69) is 51.7 Å². The average molecular weight is 451 g/mol. The van der Waals surface area contributed by atoms with Crippen LogP contribution in [-0.4, -0.2) is 53.7 Å². The first-order valence-electron chi connectivity index (χ1n) is 12.3. The van der Waals surface area contributed by atoms with E-state index in [1.807, 2.05) is 0 Å². The van der Waals surface area contributed by atoms with Gasteiger partial charge >= 0.3 is 6.09 Å². The number of carbonyl (C=O) groups is 1. The minimum Gasteiger partial charge on any atom is -0.444 e. The molecule has 8 heteroatoms. The first-order valence-corrected chi connectivity index (χ1v) is 12.3. The maximum Gasteiger partial charge on any atom is 0.415 e. The van der Waals surface area contributed by atoms with Crippen molar-refractivity contribution in [3.05, 3.63) is 47.2 Å². The second-order valence-corrected chi connectivity index (χ2v) is 9.29. The number of hydrogen-bond acceptors (Lipinski definition) is 7. The lowest BCUT2D eigenvalue weighted by molar-refractivity contribution is 0.141. The highest BCUT2D eigenvalue weighted by Crippen LogP contribution is 2.31. The zero-order valence-electron chi connectivity index (χ0n) is 19.4. The molecule has 8 nitrogen and oxygen atoms in total. The lowest BCUT2D eigenvalue weighted by Crippen LogP contribution is -2.45. The summed E-state index contributed by atoms with van der Waals surface area (Å²) in [5.41, 5.74) is 3.45. The van der Waals surface area contributed by atoms with Crippen LogP contribution in [0.2, 0.25) is 0 Å². The molecule has 1 saturated heterocycles. The predicted octanol–water partition coefficient (Wildman–Crippen LogP) is 4.02. The molecule has 176 valence electrons. The van der Waals surface area contributed by atoms with E-state index in [0.29, 0.717) is 24.4 Å². The third-order valence-corrected chi connectivity index (χ3v) is 7.04. The number of carbonyl (C=O) groups excluding carboxylic acids is 1. The standard InChI is InChI=1S/C25H34N6O2/c1-18-19-7-9-20(10-8-19)22(30-14-11-26-12-15-30)6-4-2-3-5-13-31-23-21(17-33-25(31)32)16-27-24(28-18)29-23/h7-10,16,18,22,26H,2-6,11-15,17H2,1H3,(H,27,28,29)/t18-,22?/m0/s1. The van der Waals surface area contributed by atoms with Gasteiger partial charge in [0.2, 0.25) is 5.95 Å². The quantitative estimate of drug-likeness (QED) is 0.679. The fourth-order valence-corrected chi connectivity index (χ4v) is 5.10. The molecule has 1 fully saturated rings. The van der Waals surface area contributed by atoms with Gasteiger partial charge in [-0.2, -0.15) is 4.98 Å². The van der Waals surface area contributed by atoms with Gasteiger partial charge in [-0.1, -0.05) is 43.5 Å². The Morgan fingerprint density at radius 1 is 1.00 bits per heavy atom. The molecule has 0 radical (unpaired) electrons. The van der Waals surface area contributed by atoms with Gasteiger partial charge in [0.25, 0.3) is 0 Å². The summed E-state index contributed by atoms with van der Waals surface area (Å²) in [4.78, 5) is 26.0. The minimum atomic E-state index is -0.313. The number of hydrogen-bond donors (Lipinski definition) is 2. The molecule has 4 aliphatic heterocycles. The van der Waals surface area contributed by atoms with Crippen molar-refractivity contribution >= 4 is 17.9 Å². The first-order chi connectivity index (χ1) is 16.2. The summed E-state index contributed by atoms with van der Waals surface area (Å²) in [6.07, 6.45) is 6.98. The third kappa shape index (κ3) is 4.96. The maximum atomic E-state index is 12.5. The summed E-state index contributed by atoms with van der Waals surface area (Å²) in [5, 5.41) is 6.89. The number of fused-ring (bicyclic) bond motifs is 9. The number of aromatic nitrogens is 2. The fraction of sp³-hybridized carbons (Fsp3) is 0.560. The smallest absolute Gasteiger partial charge is 0.415 e. The van der Waals surface area contributed by atoms with E-state index in [0.717, 1.165) is 57.4 Å². The Bertz CT molecular complexity index is 960. The zero-order valence-corrected chi connectivity index (χ0v) is 19.4. The van der Waals surface area contributed by atoms with Crippen LogP contribution in [0.4, 0.5) is 16.6 Å². The van der Waals surface area contributed by atoms with Gasteiger partial charge in [0, 0.05) is 45.0 Å². The Kier molecular flexibility index (Phi) is 6.73. The van der Waals surface area contributed by atoms with E-state index in [9.17, 15) is 4.79 Å². The lowest BCUT2D eigenvalue weighted by Gasteiger charge is -2.35. The van der Waals surface area contributed by atoms with E-state index in [1.165, 1.54) is 17.5 Å². The molecule has 2 aromatic rings. The van der Waals surface area contributed by atoms with Gasteiger partial charge in [-0.3, -0.25) is 9.80 Å². The molecule has 0 saturated carbocycles. The number of cyclic esters (lactones) is 1. The monoisotopic (exact) mass is 450 g/mol. The van der Waals surface area contributed by atoms with Crippen LogP contribution in [0.1, 0.15) is 67.8 Å². The SMILES string of the molecule is C[C@@H]1Nc2ncc3c(n2)N(CCCCCCC(N2CCNCC2)c2ccc1cc2)C(=O)OC3. The van der Waals surface area contributed by atoms with Crippen molar-refractivity contribution in [3.8, 4) is 0 Å². The van der Waals surface area contributed by atoms with Gasteiger partial charge in [-0.05, 0) is 30.9 Å². The number of ether oxygens (including phenoxy) is 1. The molecule has 0 aliphatic carbocycles. The summed E-state index contributed by atoms with van der Waals surface area (Å²) in [7, 11) is 0. The molecule has 33 heavy (non-hydrogen) atoms. The van der Waals surface area contributed by atoms with E-state index in [-0.39, 0.29) is 18.7 Å². The van der Waals surface area contributed by atoms with Crippen molar-refractivity contribution in [2.45, 2.75) is 57.7 Å². The van der Waals surface area contributed by atoms with Crippen LogP contribution >= 0.6 is 0 Å². The van der Waals surface area contributed by atoms with Crippen LogP contribution < -0.4 is 15.5 Å². The number of anilines is 2. The third-order valence-electron chi connectivity index (χ3n) is 7.04. The van der Waals surface area contributed by atoms with Crippen molar-refractivity contribution < 1.29 is 9.53 Å². The van der Waals surface area contributed by atoms with Crippen molar-refractivity contribution in [3.63, 3.8) is 0 Å². The van der Waals surface area contributed by atoms with Gasteiger partial charge in [-0.25, -0.2) is 9.78 Å². The van der Waals surface area contributed by atoms with Gasteiger partial charge < -0.3 is 15.4 Å². The van der Waals surface area contributed by atoms with Crippen molar-refractivity contribution in [1.29, 1.82) is 0 Å². The molecule has 4 aliphatic rings. The van der Waals surface area contributed by atoms with Crippen LogP contribution in [0.15, 0.2) is 30.5 Å². The summed E-state index contributed by atoms with van der Waals surface area (Å²) in [5.74, 6) is 1.21. The zero-order chi connectivity index (χ0) is 22.6. The van der Waals surface area contributed by atoms with Gasteiger partial charge in [0.05, 0.1) is 11.6 Å². The lowest BCUT2D eigenvalue weighted by atomic mass is 9.95. The van der Waals surface area contributed by atoms with Crippen LogP contribution in [0, 0.1) is 0 Å². The van der Waals surface area contributed by atoms with Gasteiger partial charge in [0.15, 0.2) is 0 Å². The topological polar surface area (TPSA) is 82.6 Å². The Balaban J connectivity index is 1.42. The fourth-order valence-electron chi connectivity index (χ4n) is 5.10. The van der Waals surface area contributed by atoms with Crippen LogP contribution in [-0.2, 0) is 11.3 Å². The van der Waals surface area contributed by atoms with Crippen molar-refractivity contribution in [2.24, 2.45) is 0 Å². The first kappa shape index (κ1) is 22.1. The van der Waals surface area contributed by atoms with Crippen molar-refractivity contribution in [1.82, 2.24) is 20.2 Å². The Morgan fingerprint density at radius 2 is 1.76 bits per heavy atom. The highest BCUT2D eigenvalue weighted by molar-refractivity contribution is 5.89. The van der Waals surface area contributed by atoms with Crippen LogP contribution in [0.3, 0.4) is 0 Å². The van der Waals surface area contributed by atoms with E-state index < -0.39 is 0 Å². The van der Waals surface area contributed by atoms with E-state index >= 15 is 0 Å². The summed E-state index contributed by atoms with van der Waals surface area (Å²) < 4.78 is 5.35. The predicted molar refractivity (Wildman–Crippen MR) is 128 cm³/mol. The molecule has 6 rings (SSSR count). The normalized spacial score (nSPS) is 24.6. The Morgan fingerprint density at radius 3 is 2.58 bits per heavy atom. The number of nitrogens with one attached hydrogen (secondary N) is 2. The number of benzene rings is 1. The number of piperazine rings is 1. The van der Waals surface area contributed by atoms with Gasteiger partial charge in [0.1, 0.15) is 12.4 Å². The maximum absolute atomic E-state index is 12.5. The van der Waals surface area contributed by atoms with Gasteiger partial charge in [-0.15, -0.1) is 0 Å². The van der Waals surface area contributed by atoms with Crippen molar-refractivity contribution in [2.75, 3.05) is 42.9 Å². The van der Waals surface area contributed by atoms with E-state index in [4.69, 9.17) is 9.72 Å². The second-order valence-electron chi connectivity index (χ2n) is 9.29. The summed E-state index contributed by atoms with van der Waals surface area (Å²) in [6, 6.07) is 9.55. The number of rotatable bonds is 1. The van der Waals surface area contributed by atoms with Crippen LogP contribution in [0.25, 0.3) is 0 Å². The summed E-state index contributed by atoms with van der Waals surface area (Å²) >= 11 is 0. The highest BCUT2D eigenvalue weighted by Gasteiger charge is 2.28. The molecular weight excluding hydrogens is 416 g/mol. The molecule has 1 amide bonds. The highest BCUT2D eigenvalue weighted by atomic mass is 16.6. The van der Waals surface area contributed by atoms with E-state index in [1.54, 1.807) is 11.1 Å². The molecule has 1 unspecified atom stereocenters. The molecule has 0 spiro atoms. The number of nitrogens with zero attached hydrogens (tertiary/aromatic N) is 4. The minimum absolute atomic E-state index is 0.0504. The Labute approximate surface area is 195 Å². The summed E-state index contributed by atoms with van der Waals surface area (Å²) in [6.45, 7) is 7.27.